The van der Waals surface area contributed by atoms with Crippen molar-refractivity contribution >= 4 is 45.8 Å². The summed E-state index contributed by atoms with van der Waals surface area (Å²) in [5.41, 5.74) is -1.13. The number of H-pyrrole nitrogens is 2. The van der Waals surface area contributed by atoms with Gasteiger partial charge in [0.05, 0.1) is 10.7 Å². The summed E-state index contributed by atoms with van der Waals surface area (Å²) in [7, 11) is 0. The van der Waals surface area contributed by atoms with E-state index in [-0.39, 0.29) is 5.69 Å². The van der Waals surface area contributed by atoms with Crippen molar-refractivity contribution in [3.05, 3.63) is 59.4 Å². The predicted octanol–water partition coefficient (Wildman–Crippen LogP) is 1.57. The van der Waals surface area contributed by atoms with Gasteiger partial charge in [0.25, 0.3) is 11.5 Å². The van der Waals surface area contributed by atoms with Gasteiger partial charge in [-0.1, -0.05) is 11.6 Å². The van der Waals surface area contributed by atoms with Gasteiger partial charge in [-0.05, 0) is 40.8 Å². The Morgan fingerprint density at radius 3 is 2.58 bits per heavy atom. The molecule has 2 rings (SSSR count). The number of anilines is 1. The molecule has 1 heterocycles. The van der Waals surface area contributed by atoms with Gasteiger partial charge in [-0.2, -0.15) is 0 Å². The average Bonchev–Trinajstić information content (AvgIpc) is 2.31. The van der Waals surface area contributed by atoms with E-state index < -0.39 is 17.2 Å². The molecule has 1 aromatic heterocycles. The second-order valence-electron chi connectivity index (χ2n) is 3.58. The van der Waals surface area contributed by atoms with E-state index in [2.05, 4.69) is 32.9 Å². The second-order valence-corrected chi connectivity index (χ2v) is 5.23. The van der Waals surface area contributed by atoms with Crippen LogP contribution in [0.25, 0.3) is 0 Å². The number of carbonyl (C=O) groups is 1. The van der Waals surface area contributed by atoms with Crippen LogP contribution in [0.15, 0.2) is 33.9 Å². The molecule has 19 heavy (non-hydrogen) atoms. The predicted molar refractivity (Wildman–Crippen MR) is 79.8 cm³/mol. The summed E-state index contributed by atoms with van der Waals surface area (Å²) in [5.74, 6) is -0.619. The lowest BCUT2D eigenvalue weighted by atomic mass is 10.3. The van der Waals surface area contributed by atoms with E-state index in [1.807, 2.05) is 4.98 Å². The summed E-state index contributed by atoms with van der Waals surface area (Å²) >= 11 is 8.05. The number of aromatic nitrogens is 2. The molecule has 6 nitrogen and oxygen atoms in total. The van der Waals surface area contributed by atoms with Crippen LogP contribution in [0.1, 0.15) is 10.5 Å². The lowest BCUT2D eigenvalue weighted by molar-refractivity contribution is 0.102. The third-order valence-corrected chi connectivity index (χ3v) is 3.17. The molecule has 98 valence electrons. The van der Waals surface area contributed by atoms with Gasteiger partial charge in [-0.15, -0.1) is 0 Å². The topological polar surface area (TPSA) is 94.8 Å². The number of hydrogen-bond acceptors (Lipinski definition) is 3. The molecule has 0 spiro atoms. The quantitative estimate of drug-likeness (QED) is 0.678. The molecule has 0 saturated heterocycles. The van der Waals surface area contributed by atoms with Crippen LogP contribution in [0.5, 0.6) is 0 Å². The highest BCUT2D eigenvalue weighted by molar-refractivity contribution is 14.1. The fourth-order valence-corrected chi connectivity index (χ4v) is 2.27. The van der Waals surface area contributed by atoms with E-state index in [9.17, 15) is 14.4 Å². The Labute approximate surface area is 125 Å². The molecule has 0 aliphatic heterocycles. The Balaban J connectivity index is 2.30. The van der Waals surface area contributed by atoms with E-state index in [0.29, 0.717) is 10.7 Å². The standard InChI is InChI=1S/C11H7ClIN3O3/c12-6-3-5(13)1-2-7(6)14-10(18)8-4-9(17)16-11(19)15-8/h1-4H,(H,14,18)(H2,15,16,17,19). The first-order valence-electron chi connectivity index (χ1n) is 5.06. The minimum absolute atomic E-state index is 0.136. The van der Waals surface area contributed by atoms with Crippen LogP contribution in [0.3, 0.4) is 0 Å². The van der Waals surface area contributed by atoms with Crippen molar-refractivity contribution in [3.8, 4) is 0 Å². The molecular weight excluding hydrogens is 384 g/mol. The third kappa shape index (κ3) is 3.44. The van der Waals surface area contributed by atoms with Crippen molar-refractivity contribution in [2.45, 2.75) is 0 Å². The van der Waals surface area contributed by atoms with Gasteiger partial charge in [-0.3, -0.25) is 14.6 Å². The molecule has 0 fully saturated rings. The van der Waals surface area contributed by atoms with Gasteiger partial charge in [0.15, 0.2) is 0 Å². The van der Waals surface area contributed by atoms with Gasteiger partial charge in [-0.25, -0.2) is 4.79 Å². The van der Waals surface area contributed by atoms with Gasteiger partial charge in [0.2, 0.25) is 0 Å². The molecule has 0 aliphatic carbocycles. The highest BCUT2D eigenvalue weighted by Crippen LogP contribution is 2.23. The van der Waals surface area contributed by atoms with Gasteiger partial charge >= 0.3 is 5.69 Å². The fraction of sp³-hybridized carbons (Fsp3) is 0. The van der Waals surface area contributed by atoms with Crippen LogP contribution in [0.4, 0.5) is 5.69 Å². The molecule has 1 amide bonds. The number of hydrogen-bond donors (Lipinski definition) is 3. The molecule has 2 aromatic rings. The molecule has 1 aromatic carbocycles. The highest BCUT2D eigenvalue weighted by Gasteiger charge is 2.10. The summed E-state index contributed by atoms with van der Waals surface area (Å²) < 4.78 is 0.921. The van der Waals surface area contributed by atoms with Crippen LogP contribution in [0, 0.1) is 3.57 Å². The van der Waals surface area contributed by atoms with E-state index in [0.717, 1.165) is 9.64 Å². The number of rotatable bonds is 2. The summed E-state index contributed by atoms with van der Waals surface area (Å²) in [6, 6.07) is 6.07. The first-order chi connectivity index (χ1) is 8.95. The lowest BCUT2D eigenvalue weighted by Gasteiger charge is -2.07. The molecule has 0 aliphatic rings. The number of amides is 1. The van der Waals surface area contributed by atoms with Crippen molar-refractivity contribution < 1.29 is 4.79 Å². The minimum Gasteiger partial charge on any atom is -0.319 e. The van der Waals surface area contributed by atoms with Crippen molar-refractivity contribution in [1.29, 1.82) is 0 Å². The maximum atomic E-state index is 11.9. The normalized spacial score (nSPS) is 10.2. The Bertz CT molecular complexity index is 725. The molecule has 3 N–H and O–H groups in total. The van der Waals surface area contributed by atoms with E-state index >= 15 is 0 Å². The molecular formula is C11H7ClIN3O3. The van der Waals surface area contributed by atoms with Crippen molar-refractivity contribution in [2.75, 3.05) is 5.32 Å². The largest absolute Gasteiger partial charge is 0.326 e. The zero-order chi connectivity index (χ0) is 14.0. The van der Waals surface area contributed by atoms with Gasteiger partial charge < -0.3 is 10.3 Å². The van der Waals surface area contributed by atoms with Crippen LogP contribution in [-0.2, 0) is 0 Å². The summed E-state index contributed by atoms with van der Waals surface area (Å²) in [4.78, 5) is 38.2. The van der Waals surface area contributed by atoms with Crippen LogP contribution >= 0.6 is 34.2 Å². The van der Waals surface area contributed by atoms with Crippen LogP contribution in [0.2, 0.25) is 5.02 Å². The Morgan fingerprint density at radius 2 is 1.95 bits per heavy atom. The fourth-order valence-electron chi connectivity index (χ4n) is 1.37. The Morgan fingerprint density at radius 1 is 1.21 bits per heavy atom. The third-order valence-electron chi connectivity index (χ3n) is 2.18. The first kappa shape index (κ1) is 13.8. The summed E-state index contributed by atoms with van der Waals surface area (Å²) in [5, 5.41) is 2.88. The second kappa shape index (κ2) is 5.57. The monoisotopic (exact) mass is 391 g/mol. The number of carbonyl (C=O) groups excluding carboxylic acids is 1. The molecule has 0 unspecified atom stereocenters. The van der Waals surface area contributed by atoms with Crippen LogP contribution < -0.4 is 16.6 Å². The van der Waals surface area contributed by atoms with E-state index in [1.165, 1.54) is 0 Å². The summed E-state index contributed by atoms with van der Waals surface area (Å²) in [6.45, 7) is 0. The molecule has 8 heteroatoms. The number of aromatic amines is 2. The molecule has 0 saturated carbocycles. The number of halogens is 2. The smallest absolute Gasteiger partial charge is 0.319 e. The van der Waals surface area contributed by atoms with Crippen LogP contribution in [-0.4, -0.2) is 15.9 Å². The Hall–Kier alpha value is -1.61. The highest BCUT2D eigenvalue weighted by atomic mass is 127. The maximum absolute atomic E-state index is 11.9. The Kier molecular flexibility index (Phi) is 4.05. The van der Waals surface area contributed by atoms with Crippen molar-refractivity contribution in [2.24, 2.45) is 0 Å². The maximum Gasteiger partial charge on any atom is 0.326 e. The minimum atomic E-state index is -0.744. The van der Waals surface area contributed by atoms with Crippen molar-refractivity contribution in [3.63, 3.8) is 0 Å². The van der Waals surface area contributed by atoms with Gasteiger partial charge in [0.1, 0.15) is 5.69 Å². The average molecular weight is 392 g/mol. The number of benzene rings is 1. The molecule has 0 bridgehead atoms. The van der Waals surface area contributed by atoms with Gasteiger partial charge in [0, 0.05) is 9.64 Å². The first-order valence-corrected chi connectivity index (χ1v) is 6.51. The van der Waals surface area contributed by atoms with Crippen molar-refractivity contribution in [1.82, 2.24) is 9.97 Å². The number of nitrogens with one attached hydrogen (secondary N) is 3. The molecule has 0 atom stereocenters. The lowest BCUT2D eigenvalue weighted by Crippen LogP contribution is -2.27. The van der Waals surface area contributed by atoms with E-state index in [1.54, 1.807) is 18.2 Å². The molecule has 0 radical (unpaired) electrons. The SMILES string of the molecule is O=C(Nc1ccc(I)cc1Cl)c1cc(=O)[nH]c(=O)[nH]1. The zero-order valence-corrected chi connectivity index (χ0v) is 12.2. The van der Waals surface area contributed by atoms with E-state index in [4.69, 9.17) is 11.6 Å². The zero-order valence-electron chi connectivity index (χ0n) is 9.29. The summed E-state index contributed by atoms with van der Waals surface area (Å²) in [6.07, 6.45) is 0.